The average Bonchev–Trinajstić information content (AvgIpc) is 2.08. The lowest BCUT2D eigenvalue weighted by Gasteiger charge is -2.11. The number of rotatable bonds is 3. The summed E-state index contributed by atoms with van der Waals surface area (Å²) in [5.41, 5.74) is 5.98. The van der Waals surface area contributed by atoms with Gasteiger partial charge in [-0.3, -0.25) is 0 Å². The normalized spacial score (nSPS) is 15.1. The molecule has 5 nitrogen and oxygen atoms in total. The van der Waals surface area contributed by atoms with Crippen molar-refractivity contribution in [1.29, 1.82) is 0 Å². The van der Waals surface area contributed by atoms with Gasteiger partial charge in [-0.25, -0.2) is 10.1 Å². The Balaban J connectivity index is 3.11. The third-order valence-corrected chi connectivity index (χ3v) is 2.22. The summed E-state index contributed by atoms with van der Waals surface area (Å²) in [5.74, 6) is 0.0819. The van der Waals surface area contributed by atoms with Crippen molar-refractivity contribution in [2.45, 2.75) is 6.92 Å². The van der Waals surface area contributed by atoms with Crippen LogP contribution in [0, 0.1) is 0 Å². The van der Waals surface area contributed by atoms with E-state index in [2.05, 4.69) is 5.09 Å². The second-order valence-electron chi connectivity index (χ2n) is 3.01. The number of nitrogens with one attached hydrogen (secondary N) is 1. The van der Waals surface area contributed by atoms with Crippen molar-refractivity contribution in [1.82, 2.24) is 0 Å². The zero-order valence-electron chi connectivity index (χ0n) is 8.21. The molecule has 0 saturated carbocycles. The van der Waals surface area contributed by atoms with Crippen LogP contribution in [0.4, 0.5) is 5.69 Å². The van der Waals surface area contributed by atoms with Gasteiger partial charge in [-0.05, 0) is 25.1 Å². The fourth-order valence-corrected chi connectivity index (χ4v) is 1.69. The minimum absolute atomic E-state index is 0.0819. The summed E-state index contributed by atoms with van der Waals surface area (Å²) in [6, 6.07) is 4.36. The first-order chi connectivity index (χ1) is 6.92. The Hall–Kier alpha value is -1.29. The highest BCUT2D eigenvalue weighted by Crippen LogP contribution is 2.34. The Morgan fingerprint density at radius 3 is 2.73 bits per heavy atom. The van der Waals surface area contributed by atoms with E-state index in [-0.39, 0.29) is 5.75 Å². The lowest BCUT2D eigenvalue weighted by Crippen LogP contribution is -2.04. The standard InChI is InChI=1S/C9H13N2O3P/c1-2-3-7-6-8(12)4-5-9(7)11-15(10,13)14/h2-6,12H,1H3,(H4,10,11,13,14). The first-order valence-electron chi connectivity index (χ1n) is 4.28. The van der Waals surface area contributed by atoms with Gasteiger partial charge in [-0.2, -0.15) is 0 Å². The molecule has 0 saturated heterocycles. The molecule has 0 aliphatic rings. The summed E-state index contributed by atoms with van der Waals surface area (Å²) in [6.07, 6.45) is 3.44. The predicted octanol–water partition coefficient (Wildman–Crippen LogP) is 1.90. The SMILES string of the molecule is CC=Cc1cc(O)ccc1NP(N)(=O)O. The van der Waals surface area contributed by atoms with Crippen molar-refractivity contribution in [3.05, 3.63) is 29.8 Å². The zero-order chi connectivity index (χ0) is 11.5. The van der Waals surface area contributed by atoms with Crippen molar-refractivity contribution in [3.8, 4) is 5.75 Å². The highest BCUT2D eigenvalue weighted by Gasteiger charge is 2.12. The van der Waals surface area contributed by atoms with E-state index >= 15 is 0 Å². The maximum Gasteiger partial charge on any atom is 0.360 e. The average molecular weight is 228 g/mol. The molecule has 0 amide bonds. The van der Waals surface area contributed by atoms with Crippen molar-refractivity contribution in [2.75, 3.05) is 5.09 Å². The fourth-order valence-electron chi connectivity index (χ4n) is 1.14. The third kappa shape index (κ3) is 3.75. The number of hydrogen-bond donors (Lipinski definition) is 4. The molecule has 1 aromatic carbocycles. The van der Waals surface area contributed by atoms with Gasteiger partial charge in [-0.15, -0.1) is 0 Å². The zero-order valence-corrected chi connectivity index (χ0v) is 9.11. The van der Waals surface area contributed by atoms with Gasteiger partial charge in [0.25, 0.3) is 0 Å². The van der Waals surface area contributed by atoms with Gasteiger partial charge in [0.15, 0.2) is 0 Å². The molecule has 1 rings (SSSR count). The van der Waals surface area contributed by atoms with Crippen molar-refractivity contribution in [2.24, 2.45) is 5.50 Å². The molecule has 1 atom stereocenters. The van der Waals surface area contributed by atoms with Crippen molar-refractivity contribution < 1.29 is 14.6 Å². The molecule has 0 aliphatic carbocycles. The molecule has 0 heterocycles. The van der Waals surface area contributed by atoms with E-state index in [0.717, 1.165) is 0 Å². The molecule has 0 fully saturated rings. The summed E-state index contributed by atoms with van der Waals surface area (Å²) in [5, 5.41) is 11.5. The second kappa shape index (κ2) is 4.49. The van der Waals surface area contributed by atoms with E-state index in [1.54, 1.807) is 19.1 Å². The van der Waals surface area contributed by atoms with E-state index in [1.807, 2.05) is 0 Å². The molecule has 15 heavy (non-hydrogen) atoms. The van der Waals surface area contributed by atoms with Gasteiger partial charge in [-0.1, -0.05) is 12.2 Å². The Kier molecular flexibility index (Phi) is 3.52. The summed E-state index contributed by atoms with van der Waals surface area (Å²) >= 11 is 0. The minimum Gasteiger partial charge on any atom is -0.508 e. The number of phenolic OH excluding ortho intramolecular Hbond substituents is 1. The Labute approximate surface area is 87.8 Å². The monoisotopic (exact) mass is 228 g/mol. The largest absolute Gasteiger partial charge is 0.508 e. The maximum atomic E-state index is 11.0. The van der Waals surface area contributed by atoms with Crippen LogP contribution in [0.5, 0.6) is 5.75 Å². The molecular weight excluding hydrogens is 215 g/mol. The molecule has 0 radical (unpaired) electrons. The fraction of sp³-hybridized carbons (Fsp3) is 0.111. The van der Waals surface area contributed by atoms with Gasteiger partial charge < -0.3 is 15.1 Å². The van der Waals surface area contributed by atoms with Crippen LogP contribution in [0.25, 0.3) is 6.08 Å². The number of aromatic hydroxyl groups is 1. The molecule has 0 bridgehead atoms. The number of benzene rings is 1. The Bertz CT molecular complexity index is 425. The summed E-state index contributed by atoms with van der Waals surface area (Å²) < 4.78 is 11.0. The molecule has 0 spiro atoms. The molecular formula is C9H13N2O3P. The Morgan fingerprint density at radius 1 is 1.53 bits per heavy atom. The van der Waals surface area contributed by atoms with E-state index in [4.69, 9.17) is 10.4 Å². The number of nitrogens with two attached hydrogens (primary N) is 1. The lowest BCUT2D eigenvalue weighted by atomic mass is 10.1. The molecule has 1 unspecified atom stereocenters. The molecule has 0 aromatic heterocycles. The highest BCUT2D eigenvalue weighted by atomic mass is 31.2. The molecule has 0 aliphatic heterocycles. The summed E-state index contributed by atoms with van der Waals surface area (Å²) in [4.78, 5) is 8.97. The van der Waals surface area contributed by atoms with Crippen LogP contribution in [0.2, 0.25) is 0 Å². The van der Waals surface area contributed by atoms with Crippen LogP contribution in [-0.2, 0) is 4.57 Å². The van der Waals surface area contributed by atoms with Crippen LogP contribution in [0.15, 0.2) is 24.3 Å². The van der Waals surface area contributed by atoms with Crippen LogP contribution >= 0.6 is 7.67 Å². The third-order valence-electron chi connectivity index (χ3n) is 1.66. The predicted molar refractivity (Wildman–Crippen MR) is 60.5 cm³/mol. The van der Waals surface area contributed by atoms with E-state index in [0.29, 0.717) is 11.3 Å². The first kappa shape index (κ1) is 11.8. The van der Waals surface area contributed by atoms with Crippen LogP contribution in [0.1, 0.15) is 12.5 Å². The molecule has 1 aromatic rings. The molecule has 6 heteroatoms. The van der Waals surface area contributed by atoms with E-state index in [9.17, 15) is 9.67 Å². The Morgan fingerprint density at radius 2 is 2.20 bits per heavy atom. The summed E-state index contributed by atoms with van der Waals surface area (Å²) in [7, 11) is -3.82. The number of hydrogen-bond acceptors (Lipinski definition) is 2. The minimum atomic E-state index is -3.82. The first-order valence-corrected chi connectivity index (χ1v) is 6.00. The maximum absolute atomic E-state index is 11.0. The van der Waals surface area contributed by atoms with Gasteiger partial charge in [0.2, 0.25) is 0 Å². The summed E-state index contributed by atoms with van der Waals surface area (Å²) in [6.45, 7) is 1.80. The van der Waals surface area contributed by atoms with E-state index < -0.39 is 7.67 Å². The number of phenols is 1. The lowest BCUT2D eigenvalue weighted by molar-refractivity contribution is 0.475. The van der Waals surface area contributed by atoms with Crippen LogP contribution < -0.4 is 10.6 Å². The highest BCUT2D eigenvalue weighted by molar-refractivity contribution is 7.57. The van der Waals surface area contributed by atoms with Crippen LogP contribution in [-0.4, -0.2) is 10.00 Å². The molecule has 5 N–H and O–H groups in total. The second-order valence-corrected chi connectivity index (χ2v) is 4.48. The van der Waals surface area contributed by atoms with Gasteiger partial charge in [0, 0.05) is 11.3 Å². The smallest absolute Gasteiger partial charge is 0.360 e. The van der Waals surface area contributed by atoms with Gasteiger partial charge >= 0.3 is 7.67 Å². The topological polar surface area (TPSA) is 95.6 Å². The van der Waals surface area contributed by atoms with Crippen molar-refractivity contribution >= 4 is 19.4 Å². The van der Waals surface area contributed by atoms with Crippen LogP contribution in [0.3, 0.4) is 0 Å². The molecule has 82 valence electrons. The van der Waals surface area contributed by atoms with E-state index in [1.165, 1.54) is 18.2 Å². The quantitative estimate of drug-likeness (QED) is 0.468. The van der Waals surface area contributed by atoms with Crippen molar-refractivity contribution in [3.63, 3.8) is 0 Å². The number of allylic oxidation sites excluding steroid dienone is 1. The van der Waals surface area contributed by atoms with Gasteiger partial charge in [0.1, 0.15) is 5.75 Å². The number of anilines is 1. The van der Waals surface area contributed by atoms with Gasteiger partial charge in [0.05, 0.1) is 0 Å².